The molecule has 0 N–H and O–H groups in total. The summed E-state index contributed by atoms with van der Waals surface area (Å²) in [6.07, 6.45) is 0. The fourth-order valence-electron chi connectivity index (χ4n) is 4.44. The average molecular weight is 442 g/mol. The van der Waals surface area contributed by atoms with Crippen molar-refractivity contribution in [1.82, 2.24) is 9.88 Å². The maximum absolute atomic E-state index is 13.8. The lowest BCUT2D eigenvalue weighted by Crippen LogP contribution is -2.49. The first-order chi connectivity index (χ1) is 15.6. The van der Waals surface area contributed by atoms with Crippen LogP contribution in [-0.2, 0) is 0 Å². The molecule has 0 unspecified atom stereocenters. The van der Waals surface area contributed by atoms with Gasteiger partial charge in [-0.3, -0.25) is 4.79 Å². The van der Waals surface area contributed by atoms with Crippen LogP contribution in [-0.4, -0.2) is 42.0 Å². The van der Waals surface area contributed by atoms with Gasteiger partial charge in [-0.2, -0.15) is 0 Å². The topological polar surface area (TPSA) is 36.4 Å². The van der Waals surface area contributed by atoms with Crippen molar-refractivity contribution in [2.45, 2.75) is 6.92 Å². The summed E-state index contributed by atoms with van der Waals surface area (Å²) in [5, 5.41) is 1.58. The Kier molecular flexibility index (Phi) is 5.54. The van der Waals surface area contributed by atoms with Crippen molar-refractivity contribution in [3.8, 4) is 11.3 Å². The third kappa shape index (κ3) is 3.82. The molecule has 0 saturated carbocycles. The number of benzene rings is 3. The lowest BCUT2D eigenvalue weighted by molar-refractivity contribution is 0.0748. The summed E-state index contributed by atoms with van der Waals surface area (Å²) in [4.78, 5) is 23.0. The number of carbonyl (C=O) groups excluding carboxylic acids is 1. The Hall–Kier alpha value is -3.37. The quantitative estimate of drug-likeness (QED) is 0.401. The largest absolute Gasteiger partial charge is 0.368 e. The van der Waals surface area contributed by atoms with E-state index >= 15 is 0 Å². The van der Waals surface area contributed by atoms with E-state index in [0.717, 1.165) is 46.4 Å². The second kappa shape index (κ2) is 8.64. The van der Waals surface area contributed by atoms with Crippen molar-refractivity contribution in [1.29, 1.82) is 0 Å². The Balaban J connectivity index is 1.50. The Labute approximate surface area is 193 Å². The van der Waals surface area contributed by atoms with Gasteiger partial charge in [-0.25, -0.2) is 4.98 Å². The predicted octanol–water partition coefficient (Wildman–Crippen LogP) is 5.83. The number of pyridine rings is 1. The second-order valence-corrected chi connectivity index (χ2v) is 8.54. The summed E-state index contributed by atoms with van der Waals surface area (Å²) in [5.74, 6) is 0.0732. The monoisotopic (exact) mass is 441 g/mol. The van der Waals surface area contributed by atoms with E-state index in [0.29, 0.717) is 18.1 Å². The molecule has 5 rings (SSSR count). The van der Waals surface area contributed by atoms with Crippen LogP contribution in [0, 0.1) is 6.92 Å². The molecule has 0 spiro atoms. The number of amides is 1. The van der Waals surface area contributed by atoms with Crippen LogP contribution < -0.4 is 4.90 Å². The minimum Gasteiger partial charge on any atom is -0.368 e. The zero-order chi connectivity index (χ0) is 22.1. The highest BCUT2D eigenvalue weighted by Crippen LogP contribution is 2.31. The van der Waals surface area contributed by atoms with Gasteiger partial charge >= 0.3 is 0 Å². The van der Waals surface area contributed by atoms with Crippen molar-refractivity contribution in [2.75, 3.05) is 31.1 Å². The molecule has 0 bridgehead atoms. The molecule has 1 fully saturated rings. The molecule has 0 atom stereocenters. The highest BCUT2D eigenvalue weighted by molar-refractivity contribution is 6.30. The van der Waals surface area contributed by atoms with Gasteiger partial charge in [0.1, 0.15) is 0 Å². The standard InChI is InChI=1S/C27H24ClN3O/c1-19-25(27(32)31-17-15-30(16-18-31)22-7-3-2-4-8-22)23-9-5-6-10-24(23)29-26(19)20-11-13-21(28)14-12-20/h2-14H,15-18H2,1H3. The Morgan fingerprint density at radius 1 is 0.844 bits per heavy atom. The van der Waals surface area contributed by atoms with Crippen molar-refractivity contribution in [3.05, 3.63) is 95.0 Å². The number of hydrogen-bond donors (Lipinski definition) is 0. The first-order valence-electron chi connectivity index (χ1n) is 10.9. The molecule has 1 aliphatic rings. The van der Waals surface area contributed by atoms with Crippen molar-refractivity contribution >= 4 is 34.1 Å². The Morgan fingerprint density at radius 3 is 2.22 bits per heavy atom. The van der Waals surface area contributed by atoms with Gasteiger partial charge in [0.25, 0.3) is 5.91 Å². The van der Waals surface area contributed by atoms with Gasteiger partial charge in [-0.05, 0) is 42.8 Å². The van der Waals surface area contributed by atoms with Crippen molar-refractivity contribution < 1.29 is 4.79 Å². The highest BCUT2D eigenvalue weighted by Gasteiger charge is 2.26. The first-order valence-corrected chi connectivity index (χ1v) is 11.2. The number of rotatable bonds is 3. The van der Waals surface area contributed by atoms with Gasteiger partial charge in [-0.1, -0.05) is 60.1 Å². The SMILES string of the molecule is Cc1c(-c2ccc(Cl)cc2)nc2ccccc2c1C(=O)N1CCN(c2ccccc2)CC1. The minimum absolute atomic E-state index is 0.0732. The number of carbonyl (C=O) groups is 1. The van der Waals surface area contributed by atoms with Crippen molar-refractivity contribution in [2.24, 2.45) is 0 Å². The molecule has 0 radical (unpaired) electrons. The van der Waals surface area contributed by atoms with Crippen LogP contribution in [0.15, 0.2) is 78.9 Å². The van der Waals surface area contributed by atoms with E-state index in [1.807, 2.05) is 66.4 Å². The fraction of sp³-hybridized carbons (Fsp3) is 0.185. The maximum atomic E-state index is 13.8. The number of aromatic nitrogens is 1. The van der Waals surface area contributed by atoms with Gasteiger partial charge in [0, 0.05) is 47.8 Å². The number of hydrogen-bond acceptors (Lipinski definition) is 3. The van der Waals surface area contributed by atoms with Gasteiger partial charge in [-0.15, -0.1) is 0 Å². The molecule has 2 heterocycles. The molecule has 4 aromatic rings. The van der Waals surface area contributed by atoms with E-state index in [2.05, 4.69) is 29.2 Å². The number of fused-ring (bicyclic) bond motifs is 1. The van der Waals surface area contributed by atoms with Crippen LogP contribution in [0.25, 0.3) is 22.2 Å². The highest BCUT2D eigenvalue weighted by atomic mass is 35.5. The third-order valence-corrected chi connectivity index (χ3v) is 6.41. The molecule has 32 heavy (non-hydrogen) atoms. The summed E-state index contributed by atoms with van der Waals surface area (Å²) in [7, 11) is 0. The number of piperazine rings is 1. The summed E-state index contributed by atoms with van der Waals surface area (Å²) >= 11 is 6.09. The van der Waals surface area contributed by atoms with E-state index in [-0.39, 0.29) is 5.91 Å². The van der Waals surface area contributed by atoms with Crippen molar-refractivity contribution in [3.63, 3.8) is 0 Å². The van der Waals surface area contributed by atoms with Gasteiger partial charge in [0.15, 0.2) is 0 Å². The molecule has 1 saturated heterocycles. The van der Waals surface area contributed by atoms with E-state index in [1.165, 1.54) is 5.69 Å². The third-order valence-electron chi connectivity index (χ3n) is 6.16. The number of anilines is 1. The van der Waals surface area contributed by atoms with E-state index in [1.54, 1.807) is 0 Å². The maximum Gasteiger partial charge on any atom is 0.255 e. The van der Waals surface area contributed by atoms with Crippen LogP contribution in [0.5, 0.6) is 0 Å². The summed E-state index contributed by atoms with van der Waals surface area (Å²) in [6, 6.07) is 25.9. The lowest BCUT2D eigenvalue weighted by atomic mass is 9.96. The molecule has 1 amide bonds. The molecule has 1 aliphatic heterocycles. The molecule has 4 nitrogen and oxygen atoms in total. The number of para-hydroxylation sites is 2. The molecular weight excluding hydrogens is 418 g/mol. The fourth-order valence-corrected chi connectivity index (χ4v) is 4.56. The zero-order valence-electron chi connectivity index (χ0n) is 18.0. The first kappa shape index (κ1) is 20.5. The summed E-state index contributed by atoms with van der Waals surface area (Å²) in [5.41, 5.74) is 5.46. The summed E-state index contributed by atoms with van der Waals surface area (Å²) in [6.45, 7) is 5.03. The minimum atomic E-state index is 0.0732. The Bertz CT molecular complexity index is 1260. The molecule has 1 aromatic heterocycles. The molecule has 0 aliphatic carbocycles. The smallest absolute Gasteiger partial charge is 0.255 e. The van der Waals surface area contributed by atoms with E-state index in [9.17, 15) is 4.79 Å². The average Bonchev–Trinajstić information content (AvgIpc) is 2.84. The summed E-state index contributed by atoms with van der Waals surface area (Å²) < 4.78 is 0. The van der Waals surface area contributed by atoms with Crippen LogP contribution >= 0.6 is 11.6 Å². The van der Waals surface area contributed by atoms with E-state index in [4.69, 9.17) is 16.6 Å². The predicted molar refractivity (Wildman–Crippen MR) is 131 cm³/mol. The zero-order valence-corrected chi connectivity index (χ0v) is 18.7. The Morgan fingerprint density at radius 2 is 1.50 bits per heavy atom. The van der Waals surface area contributed by atoms with Gasteiger partial charge < -0.3 is 9.80 Å². The molecule has 3 aromatic carbocycles. The molecular formula is C27H24ClN3O. The van der Waals surface area contributed by atoms with Crippen LogP contribution in [0.3, 0.4) is 0 Å². The molecule has 160 valence electrons. The molecule has 5 heteroatoms. The number of halogens is 1. The lowest BCUT2D eigenvalue weighted by Gasteiger charge is -2.36. The number of nitrogens with zero attached hydrogens (tertiary/aromatic N) is 3. The van der Waals surface area contributed by atoms with E-state index < -0.39 is 0 Å². The second-order valence-electron chi connectivity index (χ2n) is 8.10. The van der Waals surface area contributed by atoms with Crippen LogP contribution in [0.2, 0.25) is 5.02 Å². The van der Waals surface area contributed by atoms with Gasteiger partial charge in [0.05, 0.1) is 16.8 Å². The van der Waals surface area contributed by atoms with Crippen LogP contribution in [0.1, 0.15) is 15.9 Å². The van der Waals surface area contributed by atoms with Crippen LogP contribution in [0.4, 0.5) is 5.69 Å². The van der Waals surface area contributed by atoms with Gasteiger partial charge in [0.2, 0.25) is 0 Å². The normalized spacial score (nSPS) is 14.1.